The van der Waals surface area contributed by atoms with E-state index in [-0.39, 0.29) is 5.69 Å². The molecule has 3 rings (SSSR count). The summed E-state index contributed by atoms with van der Waals surface area (Å²) in [5.41, 5.74) is 7.67. The number of amides is 2. The number of hydrogen-bond donors (Lipinski definition) is 2. The topological polar surface area (TPSA) is 102 Å². The van der Waals surface area contributed by atoms with Gasteiger partial charge in [-0.2, -0.15) is 5.10 Å². The highest BCUT2D eigenvalue weighted by molar-refractivity contribution is 5.91. The molecule has 0 saturated carbocycles. The van der Waals surface area contributed by atoms with Crippen molar-refractivity contribution in [2.75, 3.05) is 5.32 Å². The van der Waals surface area contributed by atoms with Gasteiger partial charge >= 0.3 is 6.03 Å². The quantitative estimate of drug-likeness (QED) is 0.381. The van der Waals surface area contributed by atoms with Crippen LogP contribution in [0.3, 0.4) is 0 Å². The maximum atomic E-state index is 12.0. The Balaban J connectivity index is 1.72. The SMILES string of the molecule is Cc1ccccc1NC(=O)NN=Cc1cc(C)n(-c2ccc([N+](=O)[O-])cc2)c1C. The van der Waals surface area contributed by atoms with Gasteiger partial charge in [0, 0.05) is 40.5 Å². The molecule has 0 bridgehead atoms. The van der Waals surface area contributed by atoms with E-state index in [1.54, 1.807) is 18.3 Å². The number of urea groups is 1. The highest BCUT2D eigenvalue weighted by Crippen LogP contribution is 2.22. The van der Waals surface area contributed by atoms with Crippen LogP contribution in [-0.2, 0) is 0 Å². The number of hydrazone groups is 1. The van der Waals surface area contributed by atoms with Gasteiger partial charge in [-0.3, -0.25) is 10.1 Å². The highest BCUT2D eigenvalue weighted by atomic mass is 16.6. The number of hydrogen-bond acceptors (Lipinski definition) is 4. The van der Waals surface area contributed by atoms with Crippen LogP contribution in [0.15, 0.2) is 59.7 Å². The van der Waals surface area contributed by atoms with E-state index in [1.165, 1.54) is 12.1 Å². The second-order valence-corrected chi connectivity index (χ2v) is 6.57. The van der Waals surface area contributed by atoms with E-state index in [0.29, 0.717) is 0 Å². The number of carbonyl (C=O) groups excluding carboxylic acids is 1. The number of aryl methyl sites for hydroxylation is 2. The number of nitrogens with zero attached hydrogens (tertiary/aromatic N) is 3. The molecule has 2 aromatic carbocycles. The first-order valence-corrected chi connectivity index (χ1v) is 8.96. The molecule has 3 aromatic rings. The molecule has 0 aliphatic rings. The number of rotatable bonds is 5. The molecule has 0 atom stereocenters. The molecule has 0 spiro atoms. The number of aromatic nitrogens is 1. The van der Waals surface area contributed by atoms with Gasteiger partial charge in [0.05, 0.1) is 11.1 Å². The van der Waals surface area contributed by atoms with Crippen molar-refractivity contribution in [2.24, 2.45) is 5.10 Å². The van der Waals surface area contributed by atoms with Gasteiger partial charge in [0.2, 0.25) is 0 Å². The Labute approximate surface area is 168 Å². The van der Waals surface area contributed by atoms with Gasteiger partial charge in [-0.25, -0.2) is 10.2 Å². The second kappa shape index (κ2) is 8.39. The lowest BCUT2D eigenvalue weighted by Crippen LogP contribution is -2.24. The summed E-state index contributed by atoms with van der Waals surface area (Å²) in [6, 6.07) is 15.3. The molecular weight excluding hydrogens is 370 g/mol. The van der Waals surface area contributed by atoms with Gasteiger partial charge in [0.25, 0.3) is 5.69 Å². The molecule has 1 aromatic heterocycles. The summed E-state index contributed by atoms with van der Waals surface area (Å²) in [6.07, 6.45) is 1.57. The fraction of sp³-hybridized carbons (Fsp3) is 0.143. The number of anilines is 1. The molecule has 0 unspecified atom stereocenters. The first kappa shape index (κ1) is 19.8. The highest BCUT2D eigenvalue weighted by Gasteiger charge is 2.11. The third-order valence-corrected chi connectivity index (χ3v) is 4.55. The van der Waals surface area contributed by atoms with Gasteiger partial charge in [-0.15, -0.1) is 0 Å². The molecule has 29 heavy (non-hydrogen) atoms. The zero-order chi connectivity index (χ0) is 21.0. The standard InChI is InChI=1S/C21H21N5O3/c1-14-6-4-5-7-20(14)23-21(27)24-22-13-17-12-15(2)25(16(17)3)18-8-10-19(11-9-18)26(28)29/h4-13H,1-3H3,(H2,23,24,27). The van der Waals surface area contributed by atoms with Crippen molar-refractivity contribution in [3.05, 3.63) is 87.2 Å². The lowest BCUT2D eigenvalue weighted by Gasteiger charge is -2.09. The number of para-hydroxylation sites is 1. The van der Waals surface area contributed by atoms with Crippen LogP contribution in [0.1, 0.15) is 22.5 Å². The Morgan fingerprint density at radius 3 is 2.45 bits per heavy atom. The van der Waals surface area contributed by atoms with E-state index in [0.717, 1.165) is 33.9 Å². The normalized spacial score (nSPS) is 10.9. The molecule has 0 aliphatic carbocycles. The average Bonchev–Trinajstić information content (AvgIpc) is 2.97. The van der Waals surface area contributed by atoms with Crippen LogP contribution in [0.5, 0.6) is 0 Å². The van der Waals surface area contributed by atoms with Crippen LogP contribution in [0.25, 0.3) is 5.69 Å². The Bertz CT molecular complexity index is 1080. The van der Waals surface area contributed by atoms with Crippen molar-refractivity contribution in [1.29, 1.82) is 0 Å². The van der Waals surface area contributed by atoms with Crippen LogP contribution in [0.2, 0.25) is 0 Å². The number of nitrogens with one attached hydrogen (secondary N) is 2. The molecule has 0 saturated heterocycles. The summed E-state index contributed by atoms with van der Waals surface area (Å²) in [5.74, 6) is 0. The summed E-state index contributed by atoms with van der Waals surface area (Å²) >= 11 is 0. The lowest BCUT2D eigenvalue weighted by molar-refractivity contribution is -0.384. The van der Waals surface area contributed by atoms with Crippen LogP contribution >= 0.6 is 0 Å². The molecule has 2 amide bonds. The minimum Gasteiger partial charge on any atom is -0.318 e. The number of benzene rings is 2. The molecule has 0 aliphatic heterocycles. The van der Waals surface area contributed by atoms with E-state index in [2.05, 4.69) is 15.8 Å². The van der Waals surface area contributed by atoms with E-state index in [1.807, 2.05) is 55.7 Å². The Morgan fingerprint density at radius 1 is 1.10 bits per heavy atom. The fourth-order valence-electron chi connectivity index (χ4n) is 3.06. The number of non-ortho nitro benzene ring substituents is 1. The zero-order valence-corrected chi connectivity index (χ0v) is 16.3. The van der Waals surface area contributed by atoms with Crippen molar-refractivity contribution in [2.45, 2.75) is 20.8 Å². The minimum absolute atomic E-state index is 0.0434. The van der Waals surface area contributed by atoms with Gasteiger partial charge in [-0.1, -0.05) is 18.2 Å². The number of nitro groups is 1. The summed E-state index contributed by atoms with van der Waals surface area (Å²) in [7, 11) is 0. The third-order valence-electron chi connectivity index (χ3n) is 4.55. The predicted octanol–water partition coefficient (Wildman–Crippen LogP) is 4.47. The smallest absolute Gasteiger partial charge is 0.318 e. The molecule has 1 heterocycles. The van der Waals surface area contributed by atoms with Gasteiger partial charge in [0.1, 0.15) is 0 Å². The van der Waals surface area contributed by atoms with Gasteiger partial charge in [-0.05, 0) is 50.6 Å². The van der Waals surface area contributed by atoms with Gasteiger partial charge < -0.3 is 9.88 Å². The largest absolute Gasteiger partial charge is 0.339 e. The van der Waals surface area contributed by atoms with E-state index in [4.69, 9.17) is 0 Å². The monoisotopic (exact) mass is 391 g/mol. The summed E-state index contributed by atoms with van der Waals surface area (Å²) in [6.45, 7) is 5.76. The molecule has 0 fully saturated rings. The van der Waals surface area contributed by atoms with Crippen molar-refractivity contribution >= 4 is 23.6 Å². The Kier molecular flexibility index (Phi) is 5.73. The van der Waals surface area contributed by atoms with Crippen LogP contribution in [0, 0.1) is 30.9 Å². The number of nitro benzene ring substituents is 1. The molecule has 148 valence electrons. The molecule has 8 heteroatoms. The van der Waals surface area contributed by atoms with Crippen LogP contribution in [0.4, 0.5) is 16.2 Å². The third kappa shape index (κ3) is 4.49. The fourth-order valence-corrected chi connectivity index (χ4v) is 3.06. The number of carbonyl (C=O) groups is 1. The molecule has 2 N–H and O–H groups in total. The first-order chi connectivity index (χ1) is 13.9. The van der Waals surface area contributed by atoms with Crippen molar-refractivity contribution in [3.8, 4) is 5.69 Å². The first-order valence-electron chi connectivity index (χ1n) is 8.96. The summed E-state index contributed by atoms with van der Waals surface area (Å²) in [5, 5.41) is 17.6. The van der Waals surface area contributed by atoms with Gasteiger partial charge in [0.15, 0.2) is 0 Å². The van der Waals surface area contributed by atoms with E-state index >= 15 is 0 Å². The average molecular weight is 391 g/mol. The van der Waals surface area contributed by atoms with Crippen molar-refractivity contribution < 1.29 is 9.72 Å². The van der Waals surface area contributed by atoms with E-state index in [9.17, 15) is 14.9 Å². The van der Waals surface area contributed by atoms with Crippen molar-refractivity contribution in [3.63, 3.8) is 0 Å². The predicted molar refractivity (Wildman–Crippen MR) is 113 cm³/mol. The van der Waals surface area contributed by atoms with Crippen molar-refractivity contribution in [1.82, 2.24) is 9.99 Å². The minimum atomic E-state index is -0.431. The summed E-state index contributed by atoms with van der Waals surface area (Å²) in [4.78, 5) is 22.4. The Hall–Kier alpha value is -3.94. The van der Waals surface area contributed by atoms with Crippen LogP contribution < -0.4 is 10.7 Å². The lowest BCUT2D eigenvalue weighted by atomic mass is 10.2. The van der Waals surface area contributed by atoms with Crippen LogP contribution in [-0.4, -0.2) is 21.7 Å². The zero-order valence-electron chi connectivity index (χ0n) is 16.3. The Morgan fingerprint density at radius 2 is 1.79 bits per heavy atom. The maximum absolute atomic E-state index is 12.0. The second-order valence-electron chi connectivity index (χ2n) is 6.57. The van der Waals surface area contributed by atoms with E-state index < -0.39 is 11.0 Å². The summed E-state index contributed by atoms with van der Waals surface area (Å²) < 4.78 is 1.97. The maximum Gasteiger partial charge on any atom is 0.339 e. The molecule has 0 radical (unpaired) electrons. The molecular formula is C21H21N5O3. The molecule has 8 nitrogen and oxygen atoms in total.